The highest BCUT2D eigenvalue weighted by atomic mass is 79.9. The highest BCUT2D eigenvalue weighted by molar-refractivity contribution is 9.08. The van der Waals surface area contributed by atoms with Gasteiger partial charge in [-0.15, -0.1) is 0 Å². The van der Waals surface area contributed by atoms with Crippen molar-refractivity contribution >= 4 is 27.9 Å². The summed E-state index contributed by atoms with van der Waals surface area (Å²) in [5.74, 6) is 0.0544. The van der Waals surface area contributed by atoms with Crippen molar-refractivity contribution in [2.75, 3.05) is 5.83 Å². The van der Waals surface area contributed by atoms with Gasteiger partial charge in [-0.2, -0.15) is 0 Å². The van der Waals surface area contributed by atoms with Gasteiger partial charge in [-0.05, 0) is 30.1 Å². The molecular weight excluding hydrogens is 324 g/mol. The van der Waals surface area contributed by atoms with E-state index in [0.29, 0.717) is 11.1 Å². The Bertz CT molecular complexity index is 462. The van der Waals surface area contributed by atoms with Gasteiger partial charge in [0.15, 0.2) is 0 Å². The molecule has 0 saturated heterocycles. The fraction of sp³-hybridized carbons (Fsp3) is 0.0667. The van der Waals surface area contributed by atoms with Gasteiger partial charge in [0.25, 0.3) is 0 Å². The Morgan fingerprint density at radius 2 is 0.950 bits per heavy atom. The zero-order valence-corrected chi connectivity index (χ0v) is 12.4. The van der Waals surface area contributed by atoms with E-state index in [4.69, 9.17) is 10.2 Å². The number of benzene rings is 2. The Balaban J connectivity index is 0.000000321. The second-order valence-corrected chi connectivity index (χ2v) is 3.34. The molecular formula is C15H15BrO4. The van der Waals surface area contributed by atoms with Gasteiger partial charge in [0.1, 0.15) is 0 Å². The van der Waals surface area contributed by atoms with Crippen LogP contribution >= 0.6 is 15.9 Å². The first kappa shape index (κ1) is 17.9. The van der Waals surface area contributed by atoms with E-state index in [9.17, 15) is 9.59 Å². The Morgan fingerprint density at radius 3 is 1.10 bits per heavy atom. The van der Waals surface area contributed by atoms with Gasteiger partial charge < -0.3 is 10.2 Å². The zero-order chi connectivity index (χ0) is 15.4. The molecule has 0 radical (unpaired) electrons. The summed E-state index contributed by atoms with van der Waals surface area (Å²) in [6, 6.07) is 16.6. The standard InChI is InChI=1S/2C7H6O2.CH3Br/c2*8-7(9)6-4-2-1-3-5-6;1-2/h2*1-5H,(H,8,9);1H3. The van der Waals surface area contributed by atoms with Gasteiger partial charge in [-0.3, -0.25) is 0 Å². The normalized spacial score (nSPS) is 8.30. The molecule has 0 aliphatic carbocycles. The lowest BCUT2D eigenvalue weighted by Crippen LogP contribution is -1.93. The van der Waals surface area contributed by atoms with Gasteiger partial charge in [0, 0.05) is 0 Å². The van der Waals surface area contributed by atoms with Crippen LogP contribution < -0.4 is 0 Å². The molecule has 2 aromatic carbocycles. The third kappa shape index (κ3) is 7.33. The number of halogens is 1. The van der Waals surface area contributed by atoms with Crippen LogP contribution in [0.5, 0.6) is 0 Å². The van der Waals surface area contributed by atoms with E-state index in [1.807, 2.05) is 5.83 Å². The number of carboxylic acids is 2. The van der Waals surface area contributed by atoms with Crippen LogP contribution in [0.4, 0.5) is 0 Å². The molecule has 0 heterocycles. The lowest BCUT2D eigenvalue weighted by Gasteiger charge is -1.88. The summed E-state index contributed by atoms with van der Waals surface area (Å²) in [7, 11) is 0. The molecule has 4 nitrogen and oxygen atoms in total. The lowest BCUT2D eigenvalue weighted by molar-refractivity contribution is 0.0686. The van der Waals surface area contributed by atoms with E-state index in [1.54, 1.807) is 60.7 Å². The van der Waals surface area contributed by atoms with Gasteiger partial charge in [-0.25, -0.2) is 9.59 Å². The fourth-order valence-corrected chi connectivity index (χ4v) is 1.16. The van der Waals surface area contributed by atoms with Crippen LogP contribution in [0.3, 0.4) is 0 Å². The first-order chi connectivity index (χ1) is 9.61. The fourth-order valence-electron chi connectivity index (χ4n) is 1.16. The molecule has 0 atom stereocenters. The second kappa shape index (κ2) is 10.8. The summed E-state index contributed by atoms with van der Waals surface area (Å²) in [6.45, 7) is 0. The van der Waals surface area contributed by atoms with E-state index >= 15 is 0 Å². The average Bonchev–Trinajstić information content (AvgIpc) is 2.51. The molecule has 2 rings (SSSR count). The Labute approximate surface area is 125 Å². The molecule has 0 bridgehead atoms. The van der Waals surface area contributed by atoms with Crippen molar-refractivity contribution in [2.24, 2.45) is 0 Å². The third-order valence-corrected chi connectivity index (χ3v) is 2.04. The minimum atomic E-state index is -0.879. The van der Waals surface area contributed by atoms with Gasteiger partial charge in [0.2, 0.25) is 0 Å². The van der Waals surface area contributed by atoms with Crippen molar-refractivity contribution < 1.29 is 19.8 Å². The molecule has 0 spiro atoms. The number of carboxylic acid groups (broad SMARTS) is 2. The minimum absolute atomic E-state index is 0.331. The first-order valence-electron chi connectivity index (χ1n) is 5.55. The van der Waals surface area contributed by atoms with Crippen LogP contribution in [0, 0.1) is 0 Å². The van der Waals surface area contributed by atoms with E-state index in [1.165, 1.54) is 0 Å². The Hall–Kier alpha value is -2.14. The molecule has 0 aliphatic heterocycles. The predicted molar refractivity (Wildman–Crippen MR) is 81.7 cm³/mol. The van der Waals surface area contributed by atoms with Crippen LogP contribution in [0.25, 0.3) is 0 Å². The quantitative estimate of drug-likeness (QED) is 0.817. The van der Waals surface area contributed by atoms with Crippen molar-refractivity contribution in [1.29, 1.82) is 0 Å². The molecule has 0 aromatic heterocycles. The Kier molecular flexibility index (Phi) is 9.60. The average molecular weight is 339 g/mol. The number of alkyl halides is 1. The summed E-state index contributed by atoms with van der Waals surface area (Å²) < 4.78 is 0. The van der Waals surface area contributed by atoms with Crippen LogP contribution in [-0.4, -0.2) is 28.0 Å². The monoisotopic (exact) mass is 338 g/mol. The molecule has 20 heavy (non-hydrogen) atoms. The largest absolute Gasteiger partial charge is 0.478 e. The Morgan fingerprint density at radius 1 is 0.700 bits per heavy atom. The second-order valence-electron chi connectivity index (χ2n) is 3.34. The highest BCUT2D eigenvalue weighted by Crippen LogP contribution is 1.96. The maximum absolute atomic E-state index is 10.2. The topological polar surface area (TPSA) is 74.6 Å². The minimum Gasteiger partial charge on any atom is -0.478 e. The third-order valence-electron chi connectivity index (χ3n) is 2.04. The molecule has 0 amide bonds. The van der Waals surface area contributed by atoms with Crippen molar-refractivity contribution in [1.82, 2.24) is 0 Å². The zero-order valence-electron chi connectivity index (χ0n) is 10.9. The van der Waals surface area contributed by atoms with E-state index < -0.39 is 11.9 Å². The lowest BCUT2D eigenvalue weighted by atomic mass is 10.2. The summed E-state index contributed by atoms with van der Waals surface area (Å²) in [4.78, 5) is 20.4. The maximum Gasteiger partial charge on any atom is 0.335 e. The van der Waals surface area contributed by atoms with E-state index in [-0.39, 0.29) is 0 Å². The van der Waals surface area contributed by atoms with Crippen LogP contribution in [-0.2, 0) is 0 Å². The molecule has 0 fully saturated rings. The highest BCUT2D eigenvalue weighted by Gasteiger charge is 1.97. The van der Waals surface area contributed by atoms with Crippen molar-refractivity contribution in [3.63, 3.8) is 0 Å². The summed E-state index contributed by atoms with van der Waals surface area (Å²) in [6.07, 6.45) is 0. The molecule has 2 N–H and O–H groups in total. The summed E-state index contributed by atoms with van der Waals surface area (Å²) in [5.41, 5.74) is 0.662. The predicted octanol–water partition coefficient (Wildman–Crippen LogP) is 3.78. The summed E-state index contributed by atoms with van der Waals surface area (Å²) >= 11 is 2.94. The van der Waals surface area contributed by atoms with Gasteiger partial charge >= 0.3 is 11.9 Å². The van der Waals surface area contributed by atoms with Crippen LogP contribution in [0.2, 0.25) is 0 Å². The van der Waals surface area contributed by atoms with Crippen LogP contribution in [0.1, 0.15) is 20.7 Å². The van der Waals surface area contributed by atoms with Gasteiger partial charge in [-0.1, -0.05) is 52.3 Å². The SMILES string of the molecule is CBr.O=C(O)c1ccccc1.O=C(O)c1ccccc1. The molecule has 0 unspecified atom stereocenters. The molecule has 2 aromatic rings. The molecule has 0 saturated carbocycles. The molecule has 5 heteroatoms. The number of rotatable bonds is 2. The van der Waals surface area contributed by atoms with E-state index in [0.717, 1.165) is 0 Å². The van der Waals surface area contributed by atoms with Crippen LogP contribution in [0.15, 0.2) is 60.7 Å². The van der Waals surface area contributed by atoms with Gasteiger partial charge in [0.05, 0.1) is 11.1 Å². The number of aromatic carboxylic acids is 2. The number of hydrogen-bond acceptors (Lipinski definition) is 2. The summed E-state index contributed by atoms with van der Waals surface area (Å²) in [5, 5.41) is 16.8. The maximum atomic E-state index is 10.2. The van der Waals surface area contributed by atoms with Crippen molar-refractivity contribution in [3.05, 3.63) is 71.8 Å². The number of carbonyl (C=O) groups is 2. The van der Waals surface area contributed by atoms with E-state index in [2.05, 4.69) is 15.9 Å². The first-order valence-corrected chi connectivity index (χ1v) is 7.14. The van der Waals surface area contributed by atoms with Crippen molar-refractivity contribution in [3.8, 4) is 0 Å². The molecule has 0 aliphatic rings. The molecule has 106 valence electrons. The smallest absolute Gasteiger partial charge is 0.335 e. The number of hydrogen-bond donors (Lipinski definition) is 2. The van der Waals surface area contributed by atoms with Crippen molar-refractivity contribution in [2.45, 2.75) is 0 Å².